The van der Waals surface area contributed by atoms with Crippen LogP contribution < -0.4 is 16.2 Å². The smallest absolute Gasteiger partial charge is 0.255 e. The highest BCUT2D eigenvalue weighted by molar-refractivity contribution is 5.92. The van der Waals surface area contributed by atoms with E-state index in [1.54, 1.807) is 25.4 Å². The first kappa shape index (κ1) is 22.2. The Balaban J connectivity index is 0.00000300. The van der Waals surface area contributed by atoms with Crippen LogP contribution in [0.2, 0.25) is 0 Å². The highest BCUT2D eigenvalue weighted by Gasteiger charge is 2.14. The Kier molecular flexibility index (Phi) is 7.99. The van der Waals surface area contributed by atoms with Crippen molar-refractivity contribution in [1.29, 1.82) is 0 Å². The predicted molar refractivity (Wildman–Crippen MR) is 114 cm³/mol. The van der Waals surface area contributed by atoms with E-state index in [0.717, 1.165) is 18.7 Å². The Morgan fingerprint density at radius 3 is 2.62 bits per heavy atom. The van der Waals surface area contributed by atoms with E-state index in [-0.39, 0.29) is 36.1 Å². The Hall–Kier alpha value is -3.10. The lowest BCUT2D eigenvalue weighted by molar-refractivity contribution is -0.115. The van der Waals surface area contributed by atoms with E-state index in [1.807, 2.05) is 31.2 Å². The summed E-state index contributed by atoms with van der Waals surface area (Å²) < 4.78 is 0. The molecule has 0 atom stereocenters. The molecular formula is C20H23ClN6O2. The van der Waals surface area contributed by atoms with Crippen molar-refractivity contribution in [3.8, 4) is 11.6 Å². The highest BCUT2D eigenvalue weighted by atomic mass is 35.5. The minimum absolute atomic E-state index is 0. The van der Waals surface area contributed by atoms with Gasteiger partial charge in [0.1, 0.15) is 0 Å². The number of carbonyl (C=O) groups excluding carboxylic acids is 1. The molecule has 2 heterocycles. The summed E-state index contributed by atoms with van der Waals surface area (Å²) >= 11 is 0. The average Bonchev–Trinajstić information content (AvgIpc) is 2.70. The van der Waals surface area contributed by atoms with Crippen LogP contribution in [0.15, 0.2) is 47.5 Å². The van der Waals surface area contributed by atoms with Crippen molar-refractivity contribution in [1.82, 2.24) is 25.3 Å². The monoisotopic (exact) mass is 414 g/mol. The second kappa shape index (κ2) is 10.4. The van der Waals surface area contributed by atoms with Gasteiger partial charge in [-0.25, -0.2) is 15.0 Å². The molecule has 3 rings (SSSR count). The van der Waals surface area contributed by atoms with E-state index in [0.29, 0.717) is 22.8 Å². The second-order valence-corrected chi connectivity index (χ2v) is 6.26. The summed E-state index contributed by atoms with van der Waals surface area (Å²) in [4.78, 5) is 40.0. The normalized spacial score (nSPS) is 10.3. The number of anilines is 1. The van der Waals surface area contributed by atoms with Crippen LogP contribution in [0.3, 0.4) is 0 Å². The lowest BCUT2D eigenvalue weighted by Gasteiger charge is -2.09. The number of hydrogen-bond acceptors (Lipinski definition) is 6. The third kappa shape index (κ3) is 5.94. The molecule has 1 aromatic carbocycles. The summed E-state index contributed by atoms with van der Waals surface area (Å²) in [5.41, 5.74) is 2.19. The Morgan fingerprint density at radius 1 is 1.17 bits per heavy atom. The molecule has 3 N–H and O–H groups in total. The van der Waals surface area contributed by atoms with Gasteiger partial charge in [0.15, 0.2) is 11.6 Å². The van der Waals surface area contributed by atoms with Gasteiger partial charge < -0.3 is 15.6 Å². The van der Waals surface area contributed by atoms with Crippen LogP contribution in [0.5, 0.6) is 0 Å². The molecule has 9 heteroatoms. The zero-order chi connectivity index (χ0) is 19.9. The van der Waals surface area contributed by atoms with Crippen LogP contribution >= 0.6 is 12.4 Å². The third-order valence-corrected chi connectivity index (χ3v) is 4.13. The van der Waals surface area contributed by atoms with Gasteiger partial charge in [0, 0.05) is 35.9 Å². The Labute approximate surface area is 174 Å². The number of H-pyrrole nitrogens is 1. The summed E-state index contributed by atoms with van der Waals surface area (Å²) in [6.45, 7) is 5.33. The molecule has 29 heavy (non-hydrogen) atoms. The number of aromatic amines is 1. The van der Waals surface area contributed by atoms with Crippen molar-refractivity contribution in [3.05, 3.63) is 69.9 Å². The fourth-order valence-corrected chi connectivity index (χ4v) is 2.74. The number of nitrogens with zero attached hydrogens (tertiary/aromatic N) is 3. The molecule has 2 aromatic heterocycles. The number of benzene rings is 1. The van der Waals surface area contributed by atoms with Gasteiger partial charge in [0.05, 0.1) is 6.42 Å². The van der Waals surface area contributed by atoms with Gasteiger partial charge in [-0.15, -0.1) is 12.4 Å². The first-order valence-electron chi connectivity index (χ1n) is 9.03. The number of rotatable bonds is 7. The van der Waals surface area contributed by atoms with Gasteiger partial charge in [-0.3, -0.25) is 9.59 Å². The zero-order valence-corrected chi connectivity index (χ0v) is 17.0. The first-order valence-corrected chi connectivity index (χ1v) is 9.03. The van der Waals surface area contributed by atoms with Crippen molar-refractivity contribution in [2.24, 2.45) is 0 Å². The molecule has 0 saturated carbocycles. The van der Waals surface area contributed by atoms with Crippen molar-refractivity contribution < 1.29 is 4.79 Å². The second-order valence-electron chi connectivity index (χ2n) is 6.26. The molecule has 0 radical (unpaired) electrons. The number of aromatic nitrogens is 4. The lowest BCUT2D eigenvalue weighted by atomic mass is 10.1. The number of carbonyl (C=O) groups is 1. The maximum absolute atomic E-state index is 12.5. The summed E-state index contributed by atoms with van der Waals surface area (Å²) in [5, 5.41) is 6.08. The maximum Gasteiger partial charge on any atom is 0.255 e. The molecule has 0 aliphatic carbocycles. The van der Waals surface area contributed by atoms with Gasteiger partial charge in [0.25, 0.3) is 5.56 Å². The standard InChI is InChI=1S/C20H22N6O2.ClH/c1-3-21-12-14-6-4-7-15(10-14)25-17(27)11-16-13(2)24-19(26-20(16)28)18-22-8-5-9-23-18;/h4-10,21H,3,11-12H2,1-2H3,(H,25,27)(H,24,26,28);1H. The number of aryl methyl sites for hydroxylation is 1. The van der Waals surface area contributed by atoms with Crippen LogP contribution in [-0.4, -0.2) is 32.4 Å². The molecule has 8 nitrogen and oxygen atoms in total. The van der Waals surface area contributed by atoms with Gasteiger partial charge in [0.2, 0.25) is 5.91 Å². The molecule has 0 aliphatic heterocycles. The fourth-order valence-electron chi connectivity index (χ4n) is 2.74. The quantitative estimate of drug-likeness (QED) is 0.546. The number of halogens is 1. The molecule has 0 spiro atoms. The van der Waals surface area contributed by atoms with Crippen LogP contribution in [0.4, 0.5) is 5.69 Å². The van der Waals surface area contributed by atoms with Crippen molar-refractivity contribution >= 4 is 24.0 Å². The van der Waals surface area contributed by atoms with Crippen LogP contribution in [0.1, 0.15) is 23.7 Å². The molecule has 0 unspecified atom stereocenters. The number of hydrogen-bond donors (Lipinski definition) is 3. The maximum atomic E-state index is 12.5. The van der Waals surface area contributed by atoms with E-state index in [1.165, 1.54) is 0 Å². The van der Waals surface area contributed by atoms with Crippen LogP contribution in [-0.2, 0) is 17.8 Å². The molecule has 0 saturated heterocycles. The van der Waals surface area contributed by atoms with E-state index < -0.39 is 0 Å². The fraction of sp³-hybridized carbons (Fsp3) is 0.250. The van der Waals surface area contributed by atoms with E-state index in [9.17, 15) is 9.59 Å². The highest BCUT2D eigenvalue weighted by Crippen LogP contribution is 2.12. The minimum Gasteiger partial charge on any atom is -0.326 e. The minimum atomic E-state index is -0.369. The Morgan fingerprint density at radius 2 is 1.93 bits per heavy atom. The topological polar surface area (TPSA) is 113 Å². The largest absolute Gasteiger partial charge is 0.326 e. The van der Waals surface area contributed by atoms with E-state index in [2.05, 4.69) is 30.6 Å². The van der Waals surface area contributed by atoms with Crippen LogP contribution in [0, 0.1) is 6.92 Å². The lowest BCUT2D eigenvalue weighted by Crippen LogP contribution is -2.24. The first-order chi connectivity index (χ1) is 13.6. The molecule has 3 aromatic rings. The third-order valence-electron chi connectivity index (χ3n) is 4.13. The molecule has 0 bridgehead atoms. The summed E-state index contributed by atoms with van der Waals surface area (Å²) in [6.07, 6.45) is 3.08. The zero-order valence-electron chi connectivity index (χ0n) is 16.2. The molecule has 0 aliphatic rings. The summed E-state index contributed by atoms with van der Waals surface area (Å²) in [7, 11) is 0. The van der Waals surface area contributed by atoms with Gasteiger partial charge >= 0.3 is 0 Å². The number of nitrogens with one attached hydrogen (secondary N) is 3. The predicted octanol–water partition coefficient (Wildman–Crippen LogP) is 2.25. The average molecular weight is 415 g/mol. The van der Waals surface area contributed by atoms with E-state index in [4.69, 9.17) is 0 Å². The van der Waals surface area contributed by atoms with Crippen molar-refractivity contribution in [2.45, 2.75) is 26.8 Å². The Bertz CT molecular complexity index is 1020. The summed E-state index contributed by atoms with van der Waals surface area (Å²) in [6, 6.07) is 9.28. The van der Waals surface area contributed by atoms with Crippen LogP contribution in [0.25, 0.3) is 11.6 Å². The van der Waals surface area contributed by atoms with Gasteiger partial charge in [-0.1, -0.05) is 19.1 Å². The van der Waals surface area contributed by atoms with Gasteiger partial charge in [-0.05, 0) is 37.2 Å². The molecular weight excluding hydrogens is 392 g/mol. The van der Waals surface area contributed by atoms with Crippen molar-refractivity contribution in [3.63, 3.8) is 0 Å². The van der Waals surface area contributed by atoms with Gasteiger partial charge in [-0.2, -0.15) is 0 Å². The summed E-state index contributed by atoms with van der Waals surface area (Å²) in [5.74, 6) is 0.333. The molecule has 1 amide bonds. The number of amides is 1. The molecule has 152 valence electrons. The SMILES string of the molecule is CCNCc1cccc(NC(=O)Cc2c(C)nc(-c3ncccn3)[nH]c2=O)c1.Cl. The van der Waals surface area contributed by atoms with E-state index >= 15 is 0 Å². The molecule has 0 fully saturated rings. The van der Waals surface area contributed by atoms with Crippen molar-refractivity contribution in [2.75, 3.05) is 11.9 Å².